The number of aliphatic carboxylic acids is 1. The number of fused-ring (bicyclic) bond motifs is 1. The molecular weight excluding hydrogens is 238 g/mol. The van der Waals surface area contributed by atoms with Crippen LogP contribution in [0.1, 0.15) is 12.2 Å². The molecule has 13 heavy (non-hydrogen) atoms. The van der Waals surface area contributed by atoms with Gasteiger partial charge in [0.05, 0.1) is 12.5 Å². The van der Waals surface area contributed by atoms with Crippen molar-refractivity contribution in [2.45, 2.75) is 19.4 Å². The normalized spacial score (nSPS) is 21.2. The Balaban J connectivity index is 2.24. The standard InChI is InChI=1S/C7H8BrN3O2/c8-7-9-5-2-1-4(6(12)13)3-11(5)10-7/h4H,1-3H2,(H,12,13). The first-order valence-corrected chi connectivity index (χ1v) is 4.78. The molecule has 2 rings (SSSR count). The third kappa shape index (κ3) is 1.58. The van der Waals surface area contributed by atoms with Crippen LogP contribution in [-0.4, -0.2) is 25.8 Å². The van der Waals surface area contributed by atoms with Gasteiger partial charge in [0.15, 0.2) is 0 Å². The molecule has 6 heteroatoms. The first-order chi connectivity index (χ1) is 6.16. The number of carboxylic acid groups (broad SMARTS) is 1. The van der Waals surface area contributed by atoms with Gasteiger partial charge in [0.25, 0.3) is 0 Å². The van der Waals surface area contributed by atoms with Gasteiger partial charge in [-0.15, -0.1) is 5.10 Å². The van der Waals surface area contributed by atoms with E-state index in [9.17, 15) is 4.79 Å². The summed E-state index contributed by atoms with van der Waals surface area (Å²) in [5, 5.41) is 12.8. The molecule has 70 valence electrons. The lowest BCUT2D eigenvalue weighted by atomic mass is 10.0. The summed E-state index contributed by atoms with van der Waals surface area (Å²) in [7, 11) is 0. The monoisotopic (exact) mass is 245 g/mol. The fourth-order valence-electron chi connectivity index (χ4n) is 1.48. The van der Waals surface area contributed by atoms with Crippen LogP contribution in [0.25, 0.3) is 0 Å². The van der Waals surface area contributed by atoms with Crippen molar-refractivity contribution < 1.29 is 9.90 Å². The maximum atomic E-state index is 10.7. The van der Waals surface area contributed by atoms with Crippen LogP contribution in [0.15, 0.2) is 4.73 Å². The topological polar surface area (TPSA) is 68.0 Å². The lowest BCUT2D eigenvalue weighted by Crippen LogP contribution is -2.27. The number of rotatable bonds is 1. The SMILES string of the molecule is O=C(O)C1CCc2nc(Br)nn2C1. The summed E-state index contributed by atoms with van der Waals surface area (Å²) in [6.07, 6.45) is 1.34. The van der Waals surface area contributed by atoms with Crippen molar-refractivity contribution in [2.24, 2.45) is 5.92 Å². The molecule has 0 fully saturated rings. The fraction of sp³-hybridized carbons (Fsp3) is 0.571. The molecule has 0 radical (unpaired) electrons. The second kappa shape index (κ2) is 3.10. The molecule has 0 saturated heterocycles. The Bertz CT molecular complexity index is 350. The van der Waals surface area contributed by atoms with Crippen LogP contribution in [0.4, 0.5) is 0 Å². The van der Waals surface area contributed by atoms with Crippen LogP contribution in [0.5, 0.6) is 0 Å². The van der Waals surface area contributed by atoms with Gasteiger partial charge in [-0.2, -0.15) is 0 Å². The minimum Gasteiger partial charge on any atom is -0.481 e. The Morgan fingerprint density at radius 1 is 1.69 bits per heavy atom. The van der Waals surface area contributed by atoms with E-state index >= 15 is 0 Å². The highest BCUT2D eigenvalue weighted by Gasteiger charge is 2.25. The van der Waals surface area contributed by atoms with E-state index in [2.05, 4.69) is 26.0 Å². The minimum absolute atomic E-state index is 0.318. The van der Waals surface area contributed by atoms with Crippen molar-refractivity contribution in [1.29, 1.82) is 0 Å². The lowest BCUT2D eigenvalue weighted by molar-refractivity contribution is -0.142. The number of hydrogen-bond acceptors (Lipinski definition) is 3. The molecule has 1 aliphatic rings. The summed E-state index contributed by atoms with van der Waals surface area (Å²) < 4.78 is 2.19. The van der Waals surface area contributed by atoms with Crippen LogP contribution in [-0.2, 0) is 17.8 Å². The van der Waals surface area contributed by atoms with Crippen LogP contribution in [0.2, 0.25) is 0 Å². The highest BCUT2D eigenvalue weighted by Crippen LogP contribution is 2.19. The quantitative estimate of drug-likeness (QED) is 0.791. The van der Waals surface area contributed by atoms with Gasteiger partial charge in [0.1, 0.15) is 5.82 Å². The zero-order valence-electron chi connectivity index (χ0n) is 6.77. The molecular formula is C7H8BrN3O2. The summed E-state index contributed by atoms with van der Waals surface area (Å²) in [6.45, 7) is 0.434. The lowest BCUT2D eigenvalue weighted by Gasteiger charge is -2.18. The highest BCUT2D eigenvalue weighted by molar-refractivity contribution is 9.10. The zero-order chi connectivity index (χ0) is 9.42. The Labute approximate surface area is 82.9 Å². The van der Waals surface area contributed by atoms with E-state index in [4.69, 9.17) is 5.11 Å². The van der Waals surface area contributed by atoms with E-state index in [-0.39, 0.29) is 5.92 Å². The molecule has 0 saturated carbocycles. The summed E-state index contributed by atoms with van der Waals surface area (Å²) >= 11 is 3.16. The minimum atomic E-state index is -0.753. The third-order valence-electron chi connectivity index (χ3n) is 2.18. The van der Waals surface area contributed by atoms with Crippen LogP contribution < -0.4 is 0 Å². The van der Waals surface area contributed by atoms with Crippen molar-refractivity contribution in [3.63, 3.8) is 0 Å². The largest absolute Gasteiger partial charge is 0.481 e. The number of nitrogens with zero attached hydrogens (tertiary/aromatic N) is 3. The first kappa shape index (κ1) is 8.68. The van der Waals surface area contributed by atoms with E-state index in [0.717, 1.165) is 5.82 Å². The van der Waals surface area contributed by atoms with E-state index in [1.807, 2.05) is 0 Å². The van der Waals surface area contributed by atoms with Crippen LogP contribution >= 0.6 is 15.9 Å². The molecule has 0 amide bonds. The number of carbonyl (C=O) groups is 1. The molecule has 2 heterocycles. The molecule has 5 nitrogen and oxygen atoms in total. The average molecular weight is 246 g/mol. The van der Waals surface area contributed by atoms with Gasteiger partial charge in [-0.1, -0.05) is 0 Å². The van der Waals surface area contributed by atoms with Gasteiger partial charge in [-0.05, 0) is 22.4 Å². The van der Waals surface area contributed by atoms with Crippen molar-refractivity contribution >= 4 is 21.9 Å². The Morgan fingerprint density at radius 2 is 2.46 bits per heavy atom. The number of hydrogen-bond donors (Lipinski definition) is 1. The molecule has 1 aliphatic heterocycles. The zero-order valence-corrected chi connectivity index (χ0v) is 8.36. The summed E-state index contributed by atoms with van der Waals surface area (Å²) in [5.41, 5.74) is 0. The Morgan fingerprint density at radius 3 is 3.15 bits per heavy atom. The van der Waals surface area contributed by atoms with Gasteiger partial charge < -0.3 is 5.11 Å². The summed E-state index contributed by atoms with van der Waals surface area (Å²) in [5.74, 6) is -0.206. The van der Waals surface area contributed by atoms with E-state index < -0.39 is 5.97 Å². The van der Waals surface area contributed by atoms with Crippen molar-refractivity contribution in [3.05, 3.63) is 10.6 Å². The number of aromatic nitrogens is 3. The van der Waals surface area contributed by atoms with Crippen LogP contribution in [0.3, 0.4) is 0 Å². The molecule has 1 unspecified atom stereocenters. The van der Waals surface area contributed by atoms with Crippen molar-refractivity contribution in [3.8, 4) is 0 Å². The number of aryl methyl sites for hydroxylation is 1. The maximum Gasteiger partial charge on any atom is 0.308 e. The fourth-order valence-corrected chi connectivity index (χ4v) is 1.88. The van der Waals surface area contributed by atoms with E-state index in [1.54, 1.807) is 4.68 Å². The van der Waals surface area contributed by atoms with Crippen molar-refractivity contribution in [2.75, 3.05) is 0 Å². The molecule has 0 spiro atoms. The average Bonchev–Trinajstić information content (AvgIpc) is 2.42. The van der Waals surface area contributed by atoms with Gasteiger partial charge in [-0.3, -0.25) is 4.79 Å². The second-order valence-corrected chi connectivity index (χ2v) is 3.76. The molecule has 0 aliphatic carbocycles. The molecule has 1 aromatic rings. The molecule has 0 aromatic carbocycles. The molecule has 1 atom stereocenters. The first-order valence-electron chi connectivity index (χ1n) is 3.99. The maximum absolute atomic E-state index is 10.7. The van der Waals surface area contributed by atoms with E-state index in [0.29, 0.717) is 24.1 Å². The molecule has 1 aromatic heterocycles. The summed E-state index contributed by atoms with van der Waals surface area (Å²) in [4.78, 5) is 14.8. The van der Waals surface area contributed by atoms with Crippen LogP contribution in [0, 0.1) is 5.92 Å². The third-order valence-corrected chi connectivity index (χ3v) is 2.52. The Kier molecular flexibility index (Phi) is 2.07. The van der Waals surface area contributed by atoms with Gasteiger partial charge >= 0.3 is 5.97 Å². The predicted molar refractivity (Wildman–Crippen MR) is 47.2 cm³/mol. The highest BCUT2D eigenvalue weighted by atomic mass is 79.9. The molecule has 1 N–H and O–H groups in total. The smallest absolute Gasteiger partial charge is 0.308 e. The number of carboxylic acids is 1. The van der Waals surface area contributed by atoms with Gasteiger partial charge in [0, 0.05) is 6.42 Å². The molecule has 0 bridgehead atoms. The van der Waals surface area contributed by atoms with Gasteiger partial charge in [-0.25, -0.2) is 9.67 Å². The second-order valence-electron chi connectivity index (χ2n) is 3.05. The summed E-state index contributed by atoms with van der Waals surface area (Å²) in [6, 6.07) is 0. The predicted octanol–water partition coefficient (Wildman–Crippen LogP) is 0.688. The van der Waals surface area contributed by atoms with Gasteiger partial charge in [0.2, 0.25) is 4.73 Å². The van der Waals surface area contributed by atoms with Crippen molar-refractivity contribution in [1.82, 2.24) is 14.8 Å². The van der Waals surface area contributed by atoms with E-state index in [1.165, 1.54) is 0 Å². The number of halogens is 1. The Hall–Kier alpha value is -0.910.